The van der Waals surface area contributed by atoms with Crippen LogP contribution in [0.1, 0.15) is 25.7 Å². The molecule has 108 valence electrons. The third-order valence-electron chi connectivity index (χ3n) is 2.54. The van der Waals surface area contributed by atoms with Gasteiger partial charge in [-0.2, -0.15) is 0 Å². The summed E-state index contributed by atoms with van der Waals surface area (Å²) in [6.45, 7) is 0. The second-order valence-corrected chi connectivity index (χ2v) is 3.92. The topological polar surface area (TPSA) is 161 Å². The Hall–Kier alpha value is -2.78. The minimum atomic E-state index is -0.979. The molecular weight excluding hydrogens is 272 g/mol. The van der Waals surface area contributed by atoms with Crippen molar-refractivity contribution in [3.63, 3.8) is 0 Å². The van der Waals surface area contributed by atoms with Gasteiger partial charge in [-0.1, -0.05) is 0 Å². The van der Waals surface area contributed by atoms with E-state index in [9.17, 15) is 28.8 Å². The van der Waals surface area contributed by atoms with Crippen LogP contribution in [0.25, 0.3) is 0 Å². The summed E-state index contributed by atoms with van der Waals surface area (Å²) in [5, 5.41) is 0. The van der Waals surface area contributed by atoms with Crippen molar-refractivity contribution in [2.45, 2.75) is 25.7 Å². The number of carbonyl (C=O) groups is 6. The number of rotatable bonds is 0. The molecule has 0 aromatic carbocycles. The lowest BCUT2D eigenvalue weighted by atomic mass is 10.4. The van der Waals surface area contributed by atoms with Crippen LogP contribution in [0.15, 0.2) is 0 Å². The highest BCUT2D eigenvalue weighted by molar-refractivity contribution is 6.14. The quantitative estimate of drug-likeness (QED) is 0.510. The molecule has 0 radical (unpaired) electrons. The predicted octanol–water partition coefficient (Wildman–Crippen LogP) is -1.57. The zero-order chi connectivity index (χ0) is 15.4. The molecule has 2 aliphatic rings. The standard InChI is InChI=1S/2C5H6N2O3/c2*6-5(10)7-3(8)1-2-4(7)9/h2*1-2H2,(H2,6,10). The van der Waals surface area contributed by atoms with Gasteiger partial charge in [0.15, 0.2) is 0 Å². The molecule has 10 nitrogen and oxygen atoms in total. The normalized spacial score (nSPS) is 18.2. The van der Waals surface area contributed by atoms with E-state index in [0.717, 1.165) is 0 Å². The molecule has 0 aromatic rings. The van der Waals surface area contributed by atoms with Gasteiger partial charge in [-0.05, 0) is 0 Å². The SMILES string of the molecule is NC(=O)N1C(=O)CCC1=O.NC(=O)N1C(=O)CCC1=O. The van der Waals surface area contributed by atoms with Gasteiger partial charge < -0.3 is 11.5 Å². The highest BCUT2D eigenvalue weighted by Gasteiger charge is 2.33. The number of amides is 8. The third kappa shape index (κ3) is 3.16. The first kappa shape index (κ1) is 15.3. The number of imide groups is 6. The van der Waals surface area contributed by atoms with E-state index in [0.29, 0.717) is 9.80 Å². The van der Waals surface area contributed by atoms with Gasteiger partial charge in [0.2, 0.25) is 23.6 Å². The van der Waals surface area contributed by atoms with Gasteiger partial charge in [0.05, 0.1) is 0 Å². The van der Waals surface area contributed by atoms with E-state index in [1.54, 1.807) is 0 Å². The van der Waals surface area contributed by atoms with Crippen molar-refractivity contribution in [3.8, 4) is 0 Å². The second-order valence-electron chi connectivity index (χ2n) is 3.92. The number of nitrogens with zero attached hydrogens (tertiary/aromatic N) is 2. The Balaban J connectivity index is 0.000000200. The number of hydrogen-bond donors (Lipinski definition) is 2. The second kappa shape index (κ2) is 5.91. The Labute approximate surface area is 112 Å². The van der Waals surface area contributed by atoms with Crippen LogP contribution in [0.5, 0.6) is 0 Å². The summed E-state index contributed by atoms with van der Waals surface area (Å²) in [6.07, 6.45) is 0.396. The lowest BCUT2D eigenvalue weighted by Crippen LogP contribution is -2.39. The first-order valence-corrected chi connectivity index (χ1v) is 5.56. The molecule has 2 saturated heterocycles. The molecule has 20 heavy (non-hydrogen) atoms. The summed E-state index contributed by atoms with van der Waals surface area (Å²) in [5.41, 5.74) is 9.45. The van der Waals surface area contributed by atoms with Crippen LogP contribution in [-0.2, 0) is 19.2 Å². The number of hydrogen-bond acceptors (Lipinski definition) is 6. The van der Waals surface area contributed by atoms with Crippen molar-refractivity contribution in [2.75, 3.05) is 0 Å². The number of nitrogens with two attached hydrogens (primary N) is 2. The first-order valence-electron chi connectivity index (χ1n) is 5.56. The predicted molar refractivity (Wildman–Crippen MR) is 61.3 cm³/mol. The van der Waals surface area contributed by atoms with Crippen molar-refractivity contribution in [1.29, 1.82) is 0 Å². The Morgan fingerprint density at radius 1 is 0.650 bits per heavy atom. The van der Waals surface area contributed by atoms with Gasteiger partial charge in [-0.3, -0.25) is 19.2 Å². The van der Waals surface area contributed by atoms with Gasteiger partial charge in [0.1, 0.15) is 0 Å². The molecule has 4 N–H and O–H groups in total. The zero-order valence-electron chi connectivity index (χ0n) is 10.3. The van der Waals surface area contributed by atoms with Gasteiger partial charge in [-0.15, -0.1) is 0 Å². The number of primary amides is 2. The van der Waals surface area contributed by atoms with Crippen LogP contribution in [-0.4, -0.2) is 45.5 Å². The molecule has 0 bridgehead atoms. The smallest absolute Gasteiger partial charge is 0.328 e. The van der Waals surface area contributed by atoms with E-state index in [-0.39, 0.29) is 25.7 Å². The number of likely N-dealkylation sites (tertiary alicyclic amines) is 2. The molecule has 0 unspecified atom stereocenters. The van der Waals surface area contributed by atoms with Crippen molar-refractivity contribution in [1.82, 2.24) is 9.80 Å². The van der Waals surface area contributed by atoms with E-state index in [4.69, 9.17) is 11.5 Å². The van der Waals surface area contributed by atoms with E-state index in [2.05, 4.69) is 0 Å². The number of carbonyl (C=O) groups excluding carboxylic acids is 6. The zero-order valence-corrected chi connectivity index (χ0v) is 10.3. The molecule has 0 aromatic heterocycles. The van der Waals surface area contributed by atoms with Crippen LogP contribution in [0, 0.1) is 0 Å². The maximum atomic E-state index is 10.6. The van der Waals surface area contributed by atoms with E-state index >= 15 is 0 Å². The molecule has 2 heterocycles. The van der Waals surface area contributed by atoms with Gasteiger partial charge >= 0.3 is 12.1 Å². The lowest BCUT2D eigenvalue weighted by Gasteiger charge is -2.05. The Morgan fingerprint density at radius 2 is 0.850 bits per heavy atom. The van der Waals surface area contributed by atoms with Crippen molar-refractivity contribution < 1.29 is 28.8 Å². The van der Waals surface area contributed by atoms with Crippen LogP contribution in [0.4, 0.5) is 9.59 Å². The first-order chi connectivity index (χ1) is 9.25. The summed E-state index contributed by atoms with van der Waals surface area (Å²) in [6, 6.07) is -1.96. The maximum Gasteiger partial charge on any atom is 0.328 e. The summed E-state index contributed by atoms with van der Waals surface area (Å²) in [7, 11) is 0. The van der Waals surface area contributed by atoms with Crippen molar-refractivity contribution >= 4 is 35.7 Å². The van der Waals surface area contributed by atoms with Gasteiger partial charge in [0, 0.05) is 25.7 Å². The summed E-state index contributed by atoms with van der Waals surface area (Å²) < 4.78 is 0. The molecule has 2 aliphatic heterocycles. The van der Waals surface area contributed by atoms with Gasteiger partial charge in [-0.25, -0.2) is 19.4 Å². The fraction of sp³-hybridized carbons (Fsp3) is 0.400. The molecule has 2 fully saturated rings. The minimum Gasteiger partial charge on any atom is -0.351 e. The molecular formula is C10H12N4O6. The third-order valence-corrected chi connectivity index (χ3v) is 2.54. The van der Waals surface area contributed by atoms with E-state index in [1.807, 2.05) is 0 Å². The van der Waals surface area contributed by atoms with Gasteiger partial charge in [0.25, 0.3) is 0 Å². The summed E-state index contributed by atoms with van der Waals surface area (Å²) >= 11 is 0. The average molecular weight is 284 g/mol. The average Bonchev–Trinajstić information content (AvgIpc) is 2.83. The summed E-state index contributed by atoms with van der Waals surface area (Å²) in [4.78, 5) is 64.1. The maximum absolute atomic E-state index is 10.6. The van der Waals surface area contributed by atoms with Crippen LogP contribution in [0.2, 0.25) is 0 Å². The molecule has 0 aliphatic carbocycles. The Morgan fingerprint density at radius 3 is 0.950 bits per heavy atom. The largest absolute Gasteiger partial charge is 0.351 e. The van der Waals surface area contributed by atoms with Crippen LogP contribution < -0.4 is 11.5 Å². The molecule has 0 spiro atoms. The van der Waals surface area contributed by atoms with E-state index < -0.39 is 35.7 Å². The molecule has 0 atom stereocenters. The molecule has 10 heteroatoms. The van der Waals surface area contributed by atoms with Crippen LogP contribution >= 0.6 is 0 Å². The summed E-state index contributed by atoms with van der Waals surface area (Å²) in [5.74, 6) is -2.01. The fourth-order valence-corrected chi connectivity index (χ4v) is 1.64. The fourth-order valence-electron chi connectivity index (χ4n) is 1.64. The minimum absolute atomic E-state index is 0.0990. The monoisotopic (exact) mass is 284 g/mol. The highest BCUT2D eigenvalue weighted by Crippen LogP contribution is 2.10. The Bertz CT molecular complexity index is 436. The highest BCUT2D eigenvalue weighted by atomic mass is 16.2. The Kier molecular flexibility index (Phi) is 4.51. The van der Waals surface area contributed by atoms with Crippen LogP contribution in [0.3, 0.4) is 0 Å². The molecule has 0 saturated carbocycles. The van der Waals surface area contributed by atoms with E-state index in [1.165, 1.54) is 0 Å². The molecule has 2 rings (SSSR count). The number of urea groups is 2. The van der Waals surface area contributed by atoms with Crippen molar-refractivity contribution in [3.05, 3.63) is 0 Å². The van der Waals surface area contributed by atoms with Crippen molar-refractivity contribution in [2.24, 2.45) is 11.5 Å². The lowest BCUT2D eigenvalue weighted by molar-refractivity contribution is -0.136. The molecule has 8 amide bonds.